The first-order valence-electron chi connectivity index (χ1n) is 7.07. The molecule has 1 N–H and O–H groups in total. The summed E-state index contributed by atoms with van der Waals surface area (Å²) in [6.07, 6.45) is 3.70. The van der Waals surface area contributed by atoms with E-state index in [1.807, 2.05) is 37.5 Å². The van der Waals surface area contributed by atoms with Crippen LogP contribution in [0.3, 0.4) is 0 Å². The average Bonchev–Trinajstić information content (AvgIpc) is 2.56. The van der Waals surface area contributed by atoms with Gasteiger partial charge in [0.15, 0.2) is 0 Å². The van der Waals surface area contributed by atoms with E-state index in [0.717, 1.165) is 35.6 Å². The van der Waals surface area contributed by atoms with Crippen LogP contribution < -0.4 is 14.8 Å². The summed E-state index contributed by atoms with van der Waals surface area (Å²) in [5.41, 5.74) is 2.24. The highest BCUT2D eigenvalue weighted by atomic mass is 16.5. The zero-order valence-corrected chi connectivity index (χ0v) is 12.8. The maximum absolute atomic E-state index is 5.49. The number of methoxy groups -OCH3 is 2. The molecule has 112 valence electrons. The van der Waals surface area contributed by atoms with Crippen molar-refractivity contribution in [3.63, 3.8) is 0 Å². The summed E-state index contributed by atoms with van der Waals surface area (Å²) in [7, 11) is 5.31. The fourth-order valence-corrected chi connectivity index (χ4v) is 2.40. The molecule has 0 bridgehead atoms. The molecule has 0 fully saturated rings. The van der Waals surface area contributed by atoms with Crippen LogP contribution in [0.15, 0.2) is 42.6 Å². The minimum absolute atomic E-state index is 0.216. The molecule has 0 radical (unpaired) electrons. The summed E-state index contributed by atoms with van der Waals surface area (Å²) >= 11 is 0. The van der Waals surface area contributed by atoms with Gasteiger partial charge in [-0.15, -0.1) is 0 Å². The molecular formula is C17H22N2O2. The molecule has 2 aromatic rings. The summed E-state index contributed by atoms with van der Waals surface area (Å²) in [4.78, 5) is 4.37. The van der Waals surface area contributed by atoms with Crippen molar-refractivity contribution < 1.29 is 9.47 Å². The third-order valence-corrected chi connectivity index (χ3v) is 3.58. The van der Waals surface area contributed by atoms with Crippen LogP contribution >= 0.6 is 0 Å². The third kappa shape index (κ3) is 3.95. The van der Waals surface area contributed by atoms with Crippen LogP contribution in [0.4, 0.5) is 0 Å². The fourth-order valence-electron chi connectivity index (χ4n) is 2.40. The lowest BCUT2D eigenvalue weighted by Gasteiger charge is -2.20. The lowest BCUT2D eigenvalue weighted by Crippen LogP contribution is -2.18. The average molecular weight is 286 g/mol. The standard InChI is InChI=1S/C17H22N2O2/c1-18-16(10-7-13-6-4-5-11-19-13)15-9-8-14(20-2)12-17(15)21-3/h4-6,8-9,11-12,16,18H,7,10H2,1-3H3. The van der Waals surface area contributed by atoms with Gasteiger partial charge in [0.25, 0.3) is 0 Å². The first kappa shape index (κ1) is 15.3. The van der Waals surface area contributed by atoms with E-state index in [2.05, 4.69) is 22.4 Å². The van der Waals surface area contributed by atoms with Gasteiger partial charge in [-0.1, -0.05) is 12.1 Å². The van der Waals surface area contributed by atoms with Crippen molar-refractivity contribution in [2.45, 2.75) is 18.9 Å². The number of hydrogen-bond donors (Lipinski definition) is 1. The molecule has 2 rings (SSSR count). The Morgan fingerprint density at radius 2 is 2.00 bits per heavy atom. The maximum Gasteiger partial charge on any atom is 0.127 e. The molecule has 0 saturated heterocycles. The summed E-state index contributed by atoms with van der Waals surface area (Å²) in [6.45, 7) is 0. The second-order valence-electron chi connectivity index (χ2n) is 4.81. The lowest BCUT2D eigenvalue weighted by molar-refractivity contribution is 0.384. The predicted octanol–water partition coefficient (Wildman–Crippen LogP) is 2.99. The number of aryl methyl sites for hydroxylation is 1. The first-order chi connectivity index (χ1) is 10.3. The third-order valence-electron chi connectivity index (χ3n) is 3.58. The van der Waals surface area contributed by atoms with Crippen molar-refractivity contribution in [2.75, 3.05) is 21.3 Å². The largest absolute Gasteiger partial charge is 0.497 e. The van der Waals surface area contributed by atoms with Crippen LogP contribution in [0.5, 0.6) is 11.5 Å². The van der Waals surface area contributed by atoms with E-state index in [1.165, 1.54) is 0 Å². The molecule has 21 heavy (non-hydrogen) atoms. The highest BCUT2D eigenvalue weighted by Crippen LogP contribution is 2.31. The molecule has 1 unspecified atom stereocenters. The Bertz CT molecular complexity index is 558. The Hall–Kier alpha value is -2.07. The van der Waals surface area contributed by atoms with Crippen LogP contribution in [0.2, 0.25) is 0 Å². The van der Waals surface area contributed by atoms with Gasteiger partial charge in [-0.2, -0.15) is 0 Å². The van der Waals surface area contributed by atoms with Gasteiger partial charge in [0.1, 0.15) is 11.5 Å². The molecule has 0 aliphatic heterocycles. The Morgan fingerprint density at radius 3 is 2.62 bits per heavy atom. The number of nitrogens with zero attached hydrogens (tertiary/aromatic N) is 1. The van der Waals surface area contributed by atoms with E-state index in [4.69, 9.17) is 9.47 Å². The molecule has 1 heterocycles. The number of pyridine rings is 1. The van der Waals surface area contributed by atoms with Crippen LogP contribution in [-0.4, -0.2) is 26.3 Å². The maximum atomic E-state index is 5.49. The monoisotopic (exact) mass is 286 g/mol. The first-order valence-corrected chi connectivity index (χ1v) is 7.07. The van der Waals surface area contributed by atoms with Crippen molar-refractivity contribution in [3.8, 4) is 11.5 Å². The van der Waals surface area contributed by atoms with Crippen molar-refractivity contribution in [3.05, 3.63) is 53.9 Å². The quantitative estimate of drug-likeness (QED) is 0.849. The number of rotatable bonds is 7. The van der Waals surface area contributed by atoms with E-state index < -0.39 is 0 Å². The van der Waals surface area contributed by atoms with Gasteiger partial charge in [-0.05, 0) is 38.1 Å². The highest BCUT2D eigenvalue weighted by Gasteiger charge is 2.15. The predicted molar refractivity (Wildman–Crippen MR) is 83.9 cm³/mol. The van der Waals surface area contributed by atoms with Crippen LogP contribution in [0.25, 0.3) is 0 Å². The van der Waals surface area contributed by atoms with Crippen LogP contribution in [-0.2, 0) is 6.42 Å². The molecule has 0 spiro atoms. The summed E-state index contributed by atoms with van der Waals surface area (Å²) in [5.74, 6) is 1.64. The summed E-state index contributed by atoms with van der Waals surface area (Å²) in [6, 6.07) is 12.2. The molecule has 4 nitrogen and oxygen atoms in total. The van der Waals surface area contributed by atoms with Gasteiger partial charge in [0, 0.05) is 29.6 Å². The molecule has 4 heteroatoms. The van der Waals surface area contributed by atoms with Gasteiger partial charge in [0.05, 0.1) is 14.2 Å². The number of ether oxygens (including phenoxy) is 2. The molecule has 0 saturated carbocycles. The Morgan fingerprint density at radius 1 is 1.14 bits per heavy atom. The zero-order chi connectivity index (χ0) is 15.1. The summed E-state index contributed by atoms with van der Waals surface area (Å²) < 4.78 is 10.7. The van der Waals surface area contributed by atoms with Gasteiger partial charge < -0.3 is 14.8 Å². The molecule has 0 aliphatic rings. The van der Waals surface area contributed by atoms with Crippen molar-refractivity contribution in [1.82, 2.24) is 10.3 Å². The lowest BCUT2D eigenvalue weighted by atomic mass is 9.99. The number of hydrogen-bond acceptors (Lipinski definition) is 4. The number of nitrogens with one attached hydrogen (secondary N) is 1. The second kappa shape index (κ2) is 7.64. The summed E-state index contributed by atoms with van der Waals surface area (Å²) in [5, 5.41) is 3.35. The number of benzene rings is 1. The second-order valence-corrected chi connectivity index (χ2v) is 4.81. The van der Waals surface area contributed by atoms with Gasteiger partial charge >= 0.3 is 0 Å². The van der Waals surface area contributed by atoms with E-state index in [1.54, 1.807) is 14.2 Å². The highest BCUT2D eigenvalue weighted by molar-refractivity contribution is 5.42. The van der Waals surface area contributed by atoms with E-state index in [9.17, 15) is 0 Å². The van der Waals surface area contributed by atoms with Gasteiger partial charge in [-0.25, -0.2) is 0 Å². The minimum atomic E-state index is 0.216. The smallest absolute Gasteiger partial charge is 0.127 e. The molecular weight excluding hydrogens is 264 g/mol. The van der Waals surface area contributed by atoms with Crippen molar-refractivity contribution >= 4 is 0 Å². The van der Waals surface area contributed by atoms with Crippen LogP contribution in [0.1, 0.15) is 23.7 Å². The Kier molecular flexibility index (Phi) is 5.58. The van der Waals surface area contributed by atoms with Crippen LogP contribution in [0, 0.1) is 0 Å². The minimum Gasteiger partial charge on any atom is -0.497 e. The molecule has 1 atom stereocenters. The normalized spacial score (nSPS) is 12.0. The fraction of sp³-hybridized carbons (Fsp3) is 0.353. The zero-order valence-electron chi connectivity index (χ0n) is 12.8. The molecule has 1 aromatic carbocycles. The Labute approximate surface area is 126 Å². The van der Waals surface area contributed by atoms with Crippen molar-refractivity contribution in [1.29, 1.82) is 0 Å². The molecule has 1 aromatic heterocycles. The van der Waals surface area contributed by atoms with Crippen molar-refractivity contribution in [2.24, 2.45) is 0 Å². The van der Waals surface area contributed by atoms with Gasteiger partial charge in [0.2, 0.25) is 0 Å². The topological polar surface area (TPSA) is 43.4 Å². The van der Waals surface area contributed by atoms with E-state index >= 15 is 0 Å². The SMILES string of the molecule is CNC(CCc1ccccn1)c1ccc(OC)cc1OC. The van der Waals surface area contributed by atoms with Gasteiger partial charge in [-0.3, -0.25) is 4.98 Å². The number of aromatic nitrogens is 1. The molecule has 0 amide bonds. The van der Waals surface area contributed by atoms with E-state index in [0.29, 0.717) is 0 Å². The van der Waals surface area contributed by atoms with E-state index in [-0.39, 0.29) is 6.04 Å². The Balaban J connectivity index is 2.13. The molecule has 0 aliphatic carbocycles.